The summed E-state index contributed by atoms with van der Waals surface area (Å²) in [6, 6.07) is 12.1. The van der Waals surface area contributed by atoms with Crippen LogP contribution >= 0.6 is 0 Å². The number of nitrogens with two attached hydrogens (primary N) is 1. The first-order chi connectivity index (χ1) is 15.8. The van der Waals surface area contributed by atoms with Crippen LogP contribution in [0.2, 0.25) is 0 Å². The molecule has 33 heavy (non-hydrogen) atoms. The number of hydrogen-bond donors (Lipinski definition) is 3. The van der Waals surface area contributed by atoms with E-state index in [4.69, 9.17) is 10.5 Å². The van der Waals surface area contributed by atoms with E-state index in [1.165, 1.54) is 0 Å². The van der Waals surface area contributed by atoms with Gasteiger partial charge in [0.15, 0.2) is 0 Å². The van der Waals surface area contributed by atoms with E-state index in [0.717, 1.165) is 28.1 Å². The molecule has 4 rings (SSSR count). The Labute approximate surface area is 192 Å². The molecular formula is C25H28N4O4. The smallest absolute Gasteiger partial charge is 0.252 e. The number of aromatic nitrogens is 2. The van der Waals surface area contributed by atoms with Crippen molar-refractivity contribution in [1.82, 2.24) is 15.1 Å². The predicted octanol–water partition coefficient (Wildman–Crippen LogP) is 3.11. The maximum Gasteiger partial charge on any atom is 0.252 e. The number of primary amides is 1. The quantitative estimate of drug-likeness (QED) is 0.535. The molecule has 1 fully saturated rings. The number of H-pyrrole nitrogens is 1. The van der Waals surface area contributed by atoms with E-state index in [9.17, 15) is 14.7 Å². The molecule has 1 saturated heterocycles. The third-order valence-electron chi connectivity index (χ3n) is 6.04. The molecule has 0 aliphatic carbocycles. The number of nitrogens with zero attached hydrogens (tertiary/aromatic N) is 2. The Morgan fingerprint density at radius 3 is 2.45 bits per heavy atom. The minimum Gasteiger partial charge on any atom is -0.508 e. The standard InChI is InChI=1S/C25H28N4O4/c1-15-24(16(2)28-27-15)18-5-8-22(21(14-18)25(26)32)33-20-9-11-29(12-10-20)23(31)13-17-3-6-19(30)7-4-17/h3-8,14,20,30H,9-13H2,1-2H3,(H2,26,32)(H,27,28). The van der Waals surface area contributed by atoms with E-state index < -0.39 is 5.91 Å². The summed E-state index contributed by atoms with van der Waals surface area (Å²) >= 11 is 0. The number of rotatable bonds is 6. The first kappa shape index (κ1) is 22.4. The second-order valence-electron chi connectivity index (χ2n) is 8.43. The van der Waals surface area contributed by atoms with Crippen LogP contribution < -0.4 is 10.5 Å². The third-order valence-corrected chi connectivity index (χ3v) is 6.04. The van der Waals surface area contributed by atoms with Gasteiger partial charge < -0.3 is 20.5 Å². The number of phenolic OH excluding ortho intramolecular Hbond substituents is 1. The Hall–Kier alpha value is -3.81. The second kappa shape index (κ2) is 9.36. The van der Waals surface area contributed by atoms with Gasteiger partial charge in [-0.15, -0.1) is 0 Å². The minimum atomic E-state index is -0.549. The summed E-state index contributed by atoms with van der Waals surface area (Å²) in [5, 5.41) is 16.6. The molecule has 2 aromatic carbocycles. The Morgan fingerprint density at radius 2 is 1.85 bits per heavy atom. The van der Waals surface area contributed by atoms with Crippen molar-refractivity contribution in [2.75, 3.05) is 13.1 Å². The molecule has 8 nitrogen and oxygen atoms in total. The van der Waals surface area contributed by atoms with Crippen molar-refractivity contribution in [2.45, 2.75) is 39.2 Å². The SMILES string of the molecule is Cc1n[nH]c(C)c1-c1ccc(OC2CCN(C(=O)Cc3ccc(O)cc3)CC2)c(C(N)=O)c1. The number of hydrogen-bond acceptors (Lipinski definition) is 5. The molecule has 1 aliphatic heterocycles. The van der Waals surface area contributed by atoms with Crippen LogP contribution in [-0.4, -0.2) is 51.2 Å². The number of aromatic amines is 1. The van der Waals surface area contributed by atoms with Gasteiger partial charge in [0.25, 0.3) is 5.91 Å². The number of aromatic hydroxyl groups is 1. The van der Waals surface area contributed by atoms with E-state index in [0.29, 0.717) is 43.7 Å². The zero-order valence-electron chi connectivity index (χ0n) is 18.8. The van der Waals surface area contributed by atoms with Gasteiger partial charge in [0.05, 0.1) is 17.7 Å². The maximum absolute atomic E-state index is 12.6. The highest BCUT2D eigenvalue weighted by Crippen LogP contribution is 2.31. The van der Waals surface area contributed by atoms with Gasteiger partial charge in [-0.2, -0.15) is 5.10 Å². The number of carbonyl (C=O) groups excluding carboxylic acids is 2. The lowest BCUT2D eigenvalue weighted by Crippen LogP contribution is -2.42. The van der Waals surface area contributed by atoms with Gasteiger partial charge in [0.1, 0.15) is 17.6 Å². The molecule has 2 heterocycles. The van der Waals surface area contributed by atoms with Gasteiger partial charge in [-0.1, -0.05) is 18.2 Å². The van der Waals surface area contributed by atoms with Crippen LogP contribution in [0.25, 0.3) is 11.1 Å². The third kappa shape index (κ3) is 5.00. The summed E-state index contributed by atoms with van der Waals surface area (Å²) in [6.07, 6.45) is 1.53. The zero-order chi connectivity index (χ0) is 23.5. The first-order valence-electron chi connectivity index (χ1n) is 11.0. The summed E-state index contributed by atoms with van der Waals surface area (Å²) in [7, 11) is 0. The van der Waals surface area contributed by atoms with Crippen LogP contribution in [0.5, 0.6) is 11.5 Å². The summed E-state index contributed by atoms with van der Waals surface area (Å²) in [5.41, 5.74) is 10.4. The zero-order valence-corrected chi connectivity index (χ0v) is 18.8. The number of benzene rings is 2. The molecule has 2 amide bonds. The number of nitrogens with one attached hydrogen (secondary N) is 1. The maximum atomic E-state index is 12.6. The van der Waals surface area contributed by atoms with Crippen molar-refractivity contribution in [1.29, 1.82) is 0 Å². The van der Waals surface area contributed by atoms with Gasteiger partial charge in [0, 0.05) is 37.2 Å². The Kier molecular flexibility index (Phi) is 6.35. The van der Waals surface area contributed by atoms with Crippen LogP contribution in [-0.2, 0) is 11.2 Å². The van der Waals surface area contributed by atoms with E-state index in [1.807, 2.05) is 24.8 Å². The van der Waals surface area contributed by atoms with Crippen molar-refractivity contribution >= 4 is 11.8 Å². The van der Waals surface area contributed by atoms with Crippen LogP contribution in [0, 0.1) is 13.8 Å². The summed E-state index contributed by atoms with van der Waals surface area (Å²) in [5.74, 6) is 0.140. The lowest BCUT2D eigenvalue weighted by Gasteiger charge is -2.32. The summed E-state index contributed by atoms with van der Waals surface area (Å²) in [4.78, 5) is 26.6. The Bertz CT molecular complexity index is 1140. The van der Waals surface area contributed by atoms with Crippen LogP contribution in [0.4, 0.5) is 0 Å². The topological polar surface area (TPSA) is 122 Å². The van der Waals surface area contributed by atoms with Crippen LogP contribution in [0.3, 0.4) is 0 Å². The molecule has 0 atom stereocenters. The molecule has 4 N–H and O–H groups in total. The van der Waals surface area contributed by atoms with Crippen LogP contribution in [0.15, 0.2) is 42.5 Å². The predicted molar refractivity (Wildman–Crippen MR) is 124 cm³/mol. The number of carbonyl (C=O) groups is 2. The lowest BCUT2D eigenvalue weighted by molar-refractivity contribution is -0.132. The Morgan fingerprint density at radius 1 is 1.15 bits per heavy atom. The average molecular weight is 449 g/mol. The highest BCUT2D eigenvalue weighted by molar-refractivity contribution is 5.97. The normalized spacial score (nSPS) is 14.3. The van der Waals surface area contributed by atoms with Crippen molar-refractivity contribution < 1.29 is 19.4 Å². The highest BCUT2D eigenvalue weighted by Gasteiger charge is 2.25. The van der Waals surface area contributed by atoms with E-state index >= 15 is 0 Å². The van der Waals surface area contributed by atoms with Crippen molar-refractivity contribution in [3.05, 3.63) is 65.0 Å². The number of aryl methyl sites for hydroxylation is 2. The molecule has 8 heteroatoms. The fourth-order valence-electron chi connectivity index (χ4n) is 4.26. The molecular weight excluding hydrogens is 420 g/mol. The van der Waals surface area contributed by atoms with Crippen molar-refractivity contribution in [2.24, 2.45) is 5.73 Å². The number of likely N-dealkylation sites (tertiary alicyclic amines) is 1. The van der Waals surface area contributed by atoms with E-state index in [-0.39, 0.29) is 17.8 Å². The number of piperidine rings is 1. The molecule has 1 aliphatic rings. The monoisotopic (exact) mass is 448 g/mol. The fraction of sp³-hybridized carbons (Fsp3) is 0.320. The van der Waals surface area contributed by atoms with Crippen LogP contribution in [0.1, 0.15) is 40.2 Å². The number of ether oxygens (including phenoxy) is 1. The van der Waals surface area contributed by atoms with Gasteiger partial charge in [-0.05, 0) is 49.2 Å². The average Bonchev–Trinajstić information content (AvgIpc) is 3.14. The summed E-state index contributed by atoms with van der Waals surface area (Å²) in [6.45, 7) is 5.00. The Balaban J connectivity index is 1.40. The van der Waals surface area contributed by atoms with Gasteiger partial charge in [-0.3, -0.25) is 14.7 Å². The van der Waals surface area contributed by atoms with E-state index in [2.05, 4.69) is 10.2 Å². The van der Waals surface area contributed by atoms with Gasteiger partial charge in [0.2, 0.25) is 5.91 Å². The van der Waals surface area contributed by atoms with E-state index in [1.54, 1.807) is 36.4 Å². The molecule has 0 saturated carbocycles. The van der Waals surface area contributed by atoms with Crippen molar-refractivity contribution in [3.8, 4) is 22.6 Å². The number of phenols is 1. The molecule has 0 bridgehead atoms. The van der Waals surface area contributed by atoms with Gasteiger partial charge >= 0.3 is 0 Å². The minimum absolute atomic E-state index is 0.0483. The molecule has 0 spiro atoms. The largest absolute Gasteiger partial charge is 0.508 e. The first-order valence-corrected chi connectivity index (χ1v) is 11.0. The number of amides is 2. The fourth-order valence-corrected chi connectivity index (χ4v) is 4.26. The highest BCUT2D eigenvalue weighted by atomic mass is 16.5. The summed E-state index contributed by atoms with van der Waals surface area (Å²) < 4.78 is 6.15. The lowest BCUT2D eigenvalue weighted by atomic mass is 10.00. The van der Waals surface area contributed by atoms with Crippen molar-refractivity contribution in [3.63, 3.8) is 0 Å². The van der Waals surface area contributed by atoms with Gasteiger partial charge in [-0.25, -0.2) is 0 Å². The molecule has 0 unspecified atom stereocenters. The molecule has 3 aromatic rings. The molecule has 172 valence electrons. The second-order valence-corrected chi connectivity index (χ2v) is 8.43. The molecule has 1 aromatic heterocycles. The molecule has 0 radical (unpaired) electrons.